The number of nitrogens with zero attached hydrogens (tertiary/aromatic N) is 1. The summed E-state index contributed by atoms with van der Waals surface area (Å²) in [5.74, 6) is -0.995. The lowest BCUT2D eigenvalue weighted by atomic mass is 9.85. The number of ketones is 1. The van der Waals surface area contributed by atoms with Gasteiger partial charge in [0.05, 0.1) is 21.8 Å². The maximum atomic E-state index is 14.2. The zero-order valence-corrected chi connectivity index (χ0v) is 20.3. The second-order valence-electron chi connectivity index (χ2n) is 9.75. The fourth-order valence-electron chi connectivity index (χ4n) is 4.96. The van der Waals surface area contributed by atoms with Crippen LogP contribution in [0.2, 0.25) is 5.02 Å². The Labute approximate surface area is 212 Å². The van der Waals surface area contributed by atoms with Gasteiger partial charge in [0.15, 0.2) is 17.3 Å². The molecule has 0 spiro atoms. The average Bonchev–Trinajstić information content (AvgIpc) is 3.72. The number of hydrogen-bond donors (Lipinski definition) is 4. The third-order valence-electron chi connectivity index (χ3n) is 7.17. The number of nitrogens with one attached hydrogen (secondary N) is 2. The molecule has 2 aliphatic rings. The summed E-state index contributed by atoms with van der Waals surface area (Å²) in [5, 5.41) is 25.4. The van der Waals surface area contributed by atoms with Gasteiger partial charge in [-0.2, -0.15) is 0 Å². The molecule has 0 atom stereocenters. The fourth-order valence-corrected chi connectivity index (χ4v) is 5.17. The van der Waals surface area contributed by atoms with E-state index in [0.717, 1.165) is 49.6 Å². The first-order valence-corrected chi connectivity index (χ1v) is 12.6. The molecule has 5 rings (SSSR count). The number of phenols is 1. The van der Waals surface area contributed by atoms with Gasteiger partial charge in [0.1, 0.15) is 0 Å². The van der Waals surface area contributed by atoms with Gasteiger partial charge in [-0.3, -0.25) is 9.78 Å². The molecule has 2 aliphatic carbocycles. The Morgan fingerprint density at radius 3 is 2.47 bits per heavy atom. The minimum Gasteiger partial charge on any atom is -0.504 e. The molecule has 0 radical (unpaired) electrons. The van der Waals surface area contributed by atoms with E-state index in [9.17, 15) is 19.1 Å². The molecule has 1 amide bonds. The number of phenolic OH excluding ortho intramolecular Hbond substituents is 1. The number of Topliss-reactive ketones (excluding diaryl/α,β-unsaturated/α-hetero) is 1. The molecule has 0 unspecified atom stereocenters. The molecule has 2 saturated carbocycles. The standard InChI is InChI=1S/C27H27ClFN3O4/c28-21-10-17(11-22(29)26(21)34)16-5-8-23-19(9-16)24(20(13-30-23)25(33)15-3-4-15)32-18-6-1-14(2-7-18)12-31-27(35)36/h5,8-11,13-15,18,31,34H,1-4,6-7,12H2,(H,30,32)(H,35,36)/t14-,18-. The van der Waals surface area contributed by atoms with Crippen molar-refractivity contribution in [3.05, 3.63) is 52.9 Å². The number of aromatic hydroxyl groups is 1. The van der Waals surface area contributed by atoms with Gasteiger partial charge in [0.25, 0.3) is 0 Å². The van der Waals surface area contributed by atoms with Crippen molar-refractivity contribution in [3.63, 3.8) is 0 Å². The molecular formula is C27H27ClFN3O4. The number of carbonyl (C=O) groups is 2. The Kier molecular flexibility index (Phi) is 6.71. The van der Waals surface area contributed by atoms with Crippen molar-refractivity contribution in [2.24, 2.45) is 11.8 Å². The smallest absolute Gasteiger partial charge is 0.404 e. The maximum absolute atomic E-state index is 14.2. The van der Waals surface area contributed by atoms with E-state index in [1.807, 2.05) is 18.2 Å². The molecule has 0 bridgehead atoms. The third-order valence-corrected chi connectivity index (χ3v) is 7.46. The first-order valence-electron chi connectivity index (χ1n) is 12.2. The highest BCUT2D eigenvalue weighted by molar-refractivity contribution is 6.32. The van der Waals surface area contributed by atoms with E-state index in [1.54, 1.807) is 6.20 Å². The zero-order chi connectivity index (χ0) is 25.4. The SMILES string of the molecule is O=C(O)NC[C@H]1CC[C@H](Nc2c(C(=O)C3CC3)cnc3ccc(-c4cc(F)c(O)c(Cl)c4)cc23)CC1. The van der Waals surface area contributed by atoms with E-state index in [0.29, 0.717) is 34.7 Å². The summed E-state index contributed by atoms with van der Waals surface area (Å²) in [7, 11) is 0. The highest BCUT2D eigenvalue weighted by Gasteiger charge is 2.33. The monoisotopic (exact) mass is 511 g/mol. The van der Waals surface area contributed by atoms with Crippen LogP contribution in [0.25, 0.3) is 22.0 Å². The van der Waals surface area contributed by atoms with Gasteiger partial charge >= 0.3 is 6.09 Å². The van der Waals surface area contributed by atoms with Crippen LogP contribution in [0.5, 0.6) is 5.75 Å². The largest absolute Gasteiger partial charge is 0.504 e. The Hall–Kier alpha value is -3.39. The Morgan fingerprint density at radius 2 is 1.81 bits per heavy atom. The van der Waals surface area contributed by atoms with Gasteiger partial charge < -0.3 is 20.8 Å². The number of fused-ring (bicyclic) bond motifs is 1. The summed E-state index contributed by atoms with van der Waals surface area (Å²) in [6, 6.07) is 8.38. The van der Waals surface area contributed by atoms with Gasteiger partial charge in [-0.1, -0.05) is 17.7 Å². The molecule has 0 saturated heterocycles. The Balaban J connectivity index is 1.49. The van der Waals surface area contributed by atoms with E-state index in [4.69, 9.17) is 16.7 Å². The minimum atomic E-state index is -1.01. The van der Waals surface area contributed by atoms with Crippen LogP contribution in [-0.2, 0) is 0 Å². The number of halogens is 2. The second kappa shape index (κ2) is 9.93. The number of benzene rings is 2. The summed E-state index contributed by atoms with van der Waals surface area (Å²) >= 11 is 6.01. The lowest BCUT2D eigenvalue weighted by Crippen LogP contribution is -2.33. The first kappa shape index (κ1) is 24.3. The van der Waals surface area contributed by atoms with Crippen LogP contribution in [0, 0.1) is 17.7 Å². The molecule has 4 N–H and O–H groups in total. The van der Waals surface area contributed by atoms with Crippen molar-refractivity contribution < 1.29 is 24.2 Å². The van der Waals surface area contributed by atoms with Gasteiger partial charge in [-0.25, -0.2) is 9.18 Å². The van der Waals surface area contributed by atoms with Crippen molar-refractivity contribution in [1.29, 1.82) is 0 Å². The summed E-state index contributed by atoms with van der Waals surface area (Å²) < 4.78 is 14.2. The number of aromatic nitrogens is 1. The quantitative estimate of drug-likeness (QED) is 0.280. The van der Waals surface area contributed by atoms with Crippen molar-refractivity contribution >= 4 is 40.1 Å². The number of carboxylic acid groups (broad SMARTS) is 1. The summed E-state index contributed by atoms with van der Waals surface area (Å²) in [6.07, 6.45) is 5.85. The first-order chi connectivity index (χ1) is 17.3. The fraction of sp³-hybridized carbons (Fsp3) is 0.370. The number of hydrogen-bond acceptors (Lipinski definition) is 5. The molecule has 3 aromatic rings. The van der Waals surface area contributed by atoms with Crippen LogP contribution in [0.4, 0.5) is 14.9 Å². The summed E-state index contributed by atoms with van der Waals surface area (Å²) in [6.45, 7) is 0.445. The molecular weight excluding hydrogens is 485 g/mol. The van der Waals surface area contributed by atoms with Crippen molar-refractivity contribution in [3.8, 4) is 16.9 Å². The zero-order valence-electron chi connectivity index (χ0n) is 19.6. The van der Waals surface area contributed by atoms with Crippen molar-refractivity contribution in [1.82, 2.24) is 10.3 Å². The number of carbonyl (C=O) groups excluding carboxylic acids is 1. The van der Waals surface area contributed by atoms with E-state index < -0.39 is 17.7 Å². The third kappa shape index (κ3) is 5.09. The number of amides is 1. The molecule has 1 heterocycles. The lowest BCUT2D eigenvalue weighted by molar-refractivity contribution is 0.0968. The second-order valence-corrected chi connectivity index (χ2v) is 10.2. The number of pyridine rings is 1. The topological polar surface area (TPSA) is 112 Å². The van der Waals surface area contributed by atoms with Crippen LogP contribution >= 0.6 is 11.6 Å². The maximum Gasteiger partial charge on any atom is 0.404 e. The van der Waals surface area contributed by atoms with E-state index in [2.05, 4.69) is 15.6 Å². The van der Waals surface area contributed by atoms with Gasteiger partial charge in [0.2, 0.25) is 0 Å². The van der Waals surface area contributed by atoms with E-state index in [-0.39, 0.29) is 22.8 Å². The predicted molar refractivity (Wildman–Crippen MR) is 136 cm³/mol. The van der Waals surface area contributed by atoms with Gasteiger partial charge in [-0.15, -0.1) is 0 Å². The molecule has 2 fully saturated rings. The number of rotatable bonds is 7. The minimum absolute atomic E-state index is 0.0239. The predicted octanol–water partition coefficient (Wildman–Crippen LogP) is 6.23. The van der Waals surface area contributed by atoms with Crippen LogP contribution in [0.3, 0.4) is 0 Å². The average molecular weight is 512 g/mol. The number of anilines is 1. The molecule has 36 heavy (non-hydrogen) atoms. The summed E-state index contributed by atoms with van der Waals surface area (Å²) in [5.41, 5.74) is 3.20. The van der Waals surface area contributed by atoms with Crippen molar-refractivity contribution in [2.45, 2.75) is 44.6 Å². The summed E-state index contributed by atoms with van der Waals surface area (Å²) in [4.78, 5) is 28.5. The lowest BCUT2D eigenvalue weighted by Gasteiger charge is -2.30. The van der Waals surface area contributed by atoms with Crippen LogP contribution < -0.4 is 10.6 Å². The highest BCUT2D eigenvalue weighted by Crippen LogP contribution is 2.39. The van der Waals surface area contributed by atoms with Gasteiger partial charge in [-0.05, 0) is 79.8 Å². The van der Waals surface area contributed by atoms with E-state index >= 15 is 0 Å². The van der Waals surface area contributed by atoms with E-state index in [1.165, 1.54) is 12.1 Å². The van der Waals surface area contributed by atoms with Crippen LogP contribution in [0.1, 0.15) is 48.9 Å². The Bertz CT molecular complexity index is 1310. The molecule has 188 valence electrons. The van der Waals surface area contributed by atoms with Gasteiger partial charge in [0, 0.05) is 30.1 Å². The van der Waals surface area contributed by atoms with Crippen molar-refractivity contribution in [2.75, 3.05) is 11.9 Å². The Morgan fingerprint density at radius 1 is 1.06 bits per heavy atom. The molecule has 0 aliphatic heterocycles. The molecule has 7 nitrogen and oxygen atoms in total. The highest BCUT2D eigenvalue weighted by atomic mass is 35.5. The van der Waals surface area contributed by atoms with Crippen LogP contribution in [-0.4, -0.2) is 39.7 Å². The normalized spacial score (nSPS) is 19.7. The molecule has 2 aromatic carbocycles. The molecule has 1 aromatic heterocycles. The van der Waals surface area contributed by atoms with Crippen LogP contribution in [0.15, 0.2) is 36.5 Å². The molecule has 9 heteroatoms.